The topological polar surface area (TPSA) is 45.2 Å². The molecule has 0 aromatic carbocycles. The molecule has 1 aliphatic rings. The number of nitrogens with zero attached hydrogens (tertiary/aromatic N) is 2. The Bertz CT molecular complexity index is 347. The largest absolute Gasteiger partial charge is 0.351 e. The van der Waals surface area contributed by atoms with Gasteiger partial charge in [0, 0.05) is 25.5 Å². The molecule has 0 radical (unpaired) electrons. The zero-order valence-electron chi connectivity index (χ0n) is 10.1. The fourth-order valence-corrected chi connectivity index (χ4v) is 2.11. The Morgan fingerprint density at radius 1 is 1.35 bits per heavy atom. The quantitative estimate of drug-likeness (QED) is 0.852. The van der Waals surface area contributed by atoms with Crippen molar-refractivity contribution in [2.24, 2.45) is 0 Å². The Labute approximate surface area is 102 Å². The highest BCUT2D eigenvalue weighted by Gasteiger charge is 2.10. The van der Waals surface area contributed by atoms with Gasteiger partial charge in [-0.15, -0.1) is 0 Å². The highest BCUT2D eigenvalue weighted by Crippen LogP contribution is 2.07. The minimum atomic E-state index is -0.0323. The molecule has 0 aliphatic carbocycles. The van der Waals surface area contributed by atoms with Gasteiger partial charge in [-0.1, -0.05) is 6.42 Å². The Kier molecular flexibility index (Phi) is 4.50. The van der Waals surface area contributed by atoms with Crippen molar-refractivity contribution in [1.29, 1.82) is 0 Å². The third kappa shape index (κ3) is 3.82. The molecule has 1 fully saturated rings. The van der Waals surface area contributed by atoms with E-state index < -0.39 is 0 Å². The summed E-state index contributed by atoms with van der Waals surface area (Å²) in [5, 5.41) is 2.93. The first-order chi connectivity index (χ1) is 8.36. The van der Waals surface area contributed by atoms with Crippen molar-refractivity contribution in [2.75, 3.05) is 26.2 Å². The molecule has 0 atom stereocenters. The van der Waals surface area contributed by atoms with Crippen molar-refractivity contribution in [3.8, 4) is 0 Å². The lowest BCUT2D eigenvalue weighted by Gasteiger charge is -2.26. The van der Waals surface area contributed by atoms with E-state index in [0.717, 1.165) is 6.54 Å². The van der Waals surface area contributed by atoms with Gasteiger partial charge in [-0.3, -0.25) is 9.78 Å². The lowest BCUT2D eigenvalue weighted by molar-refractivity contribution is 0.0946. The maximum absolute atomic E-state index is 11.7. The zero-order chi connectivity index (χ0) is 11.9. The second kappa shape index (κ2) is 6.35. The normalized spacial score (nSPS) is 16.7. The second-order valence-corrected chi connectivity index (χ2v) is 4.40. The molecule has 4 heteroatoms. The van der Waals surface area contributed by atoms with E-state index in [1.807, 2.05) is 0 Å². The van der Waals surface area contributed by atoms with Crippen LogP contribution in [0.5, 0.6) is 0 Å². The Morgan fingerprint density at radius 3 is 2.88 bits per heavy atom. The summed E-state index contributed by atoms with van der Waals surface area (Å²) in [4.78, 5) is 18.1. The van der Waals surface area contributed by atoms with E-state index in [0.29, 0.717) is 12.1 Å². The van der Waals surface area contributed by atoms with Crippen molar-refractivity contribution >= 4 is 5.91 Å². The van der Waals surface area contributed by atoms with E-state index in [2.05, 4.69) is 15.2 Å². The van der Waals surface area contributed by atoms with Gasteiger partial charge in [0.05, 0.1) is 5.56 Å². The summed E-state index contributed by atoms with van der Waals surface area (Å²) in [6.07, 6.45) is 7.19. The fraction of sp³-hybridized carbons (Fsp3) is 0.538. The molecule has 0 saturated carbocycles. The molecule has 17 heavy (non-hydrogen) atoms. The number of hydrogen-bond donors (Lipinski definition) is 1. The van der Waals surface area contributed by atoms with E-state index in [9.17, 15) is 4.79 Å². The summed E-state index contributed by atoms with van der Waals surface area (Å²) >= 11 is 0. The third-order valence-corrected chi connectivity index (χ3v) is 3.09. The average Bonchev–Trinajstić information content (AvgIpc) is 2.41. The number of carbonyl (C=O) groups is 1. The molecule has 4 nitrogen and oxygen atoms in total. The van der Waals surface area contributed by atoms with Crippen LogP contribution in [-0.4, -0.2) is 42.0 Å². The number of carbonyl (C=O) groups excluding carboxylic acids is 1. The van der Waals surface area contributed by atoms with Gasteiger partial charge in [0.15, 0.2) is 0 Å². The molecule has 0 bridgehead atoms. The van der Waals surface area contributed by atoms with Crippen LogP contribution in [0.1, 0.15) is 29.6 Å². The standard InChI is InChI=1S/C13H19N3O/c17-13(12-5-4-6-14-11-12)15-7-10-16-8-2-1-3-9-16/h4-6,11H,1-3,7-10H2,(H,15,17). The SMILES string of the molecule is O=C(NCCN1CCCCC1)c1cccnc1. The first-order valence-electron chi connectivity index (χ1n) is 6.27. The van der Waals surface area contributed by atoms with Gasteiger partial charge in [0.2, 0.25) is 0 Å². The van der Waals surface area contributed by atoms with Crippen molar-refractivity contribution < 1.29 is 4.79 Å². The zero-order valence-corrected chi connectivity index (χ0v) is 10.1. The van der Waals surface area contributed by atoms with Crippen LogP contribution >= 0.6 is 0 Å². The predicted octanol–water partition coefficient (Wildman–Crippen LogP) is 1.30. The molecule has 0 spiro atoms. The van der Waals surface area contributed by atoms with Crippen LogP contribution < -0.4 is 5.32 Å². The van der Waals surface area contributed by atoms with Gasteiger partial charge in [0.25, 0.3) is 5.91 Å². The average molecular weight is 233 g/mol. The van der Waals surface area contributed by atoms with Crippen LogP contribution in [0.4, 0.5) is 0 Å². The summed E-state index contributed by atoms with van der Waals surface area (Å²) in [7, 11) is 0. The highest BCUT2D eigenvalue weighted by molar-refractivity contribution is 5.93. The predicted molar refractivity (Wildman–Crippen MR) is 66.9 cm³/mol. The van der Waals surface area contributed by atoms with Gasteiger partial charge in [-0.05, 0) is 38.1 Å². The van der Waals surface area contributed by atoms with Gasteiger partial charge in [-0.25, -0.2) is 0 Å². The number of piperidine rings is 1. The number of aromatic nitrogens is 1. The van der Waals surface area contributed by atoms with Crippen LogP contribution in [0.3, 0.4) is 0 Å². The molecule has 92 valence electrons. The molecule has 1 aromatic heterocycles. The Balaban J connectivity index is 1.69. The highest BCUT2D eigenvalue weighted by atomic mass is 16.1. The first-order valence-corrected chi connectivity index (χ1v) is 6.27. The number of hydrogen-bond acceptors (Lipinski definition) is 3. The van der Waals surface area contributed by atoms with Crippen LogP contribution in [0.2, 0.25) is 0 Å². The monoisotopic (exact) mass is 233 g/mol. The molecule has 1 aliphatic heterocycles. The number of amides is 1. The summed E-state index contributed by atoms with van der Waals surface area (Å²) in [6, 6.07) is 3.56. The van der Waals surface area contributed by atoms with Crippen LogP contribution in [0.15, 0.2) is 24.5 Å². The molecule has 1 N–H and O–H groups in total. The van der Waals surface area contributed by atoms with Gasteiger partial charge >= 0.3 is 0 Å². The number of likely N-dealkylation sites (tertiary alicyclic amines) is 1. The van der Waals surface area contributed by atoms with E-state index in [4.69, 9.17) is 0 Å². The number of rotatable bonds is 4. The summed E-state index contributed by atoms with van der Waals surface area (Å²) in [5.41, 5.74) is 0.631. The molecule has 1 saturated heterocycles. The Morgan fingerprint density at radius 2 is 2.18 bits per heavy atom. The second-order valence-electron chi connectivity index (χ2n) is 4.40. The van der Waals surface area contributed by atoms with Crippen LogP contribution in [0.25, 0.3) is 0 Å². The third-order valence-electron chi connectivity index (χ3n) is 3.09. The minimum Gasteiger partial charge on any atom is -0.351 e. The molecule has 2 heterocycles. The summed E-state index contributed by atoms with van der Waals surface area (Å²) in [5.74, 6) is -0.0323. The lowest BCUT2D eigenvalue weighted by Crippen LogP contribution is -2.37. The van der Waals surface area contributed by atoms with Crippen molar-refractivity contribution in [1.82, 2.24) is 15.2 Å². The molecule has 1 aromatic rings. The lowest BCUT2D eigenvalue weighted by atomic mass is 10.1. The summed E-state index contributed by atoms with van der Waals surface area (Å²) < 4.78 is 0. The molecular weight excluding hydrogens is 214 g/mol. The van der Waals surface area contributed by atoms with Gasteiger partial charge in [0.1, 0.15) is 0 Å². The molecular formula is C13H19N3O. The van der Waals surface area contributed by atoms with Crippen molar-refractivity contribution in [3.63, 3.8) is 0 Å². The number of nitrogens with one attached hydrogen (secondary N) is 1. The maximum Gasteiger partial charge on any atom is 0.252 e. The first kappa shape index (κ1) is 12.0. The van der Waals surface area contributed by atoms with E-state index in [1.54, 1.807) is 24.5 Å². The van der Waals surface area contributed by atoms with Crippen molar-refractivity contribution in [3.05, 3.63) is 30.1 Å². The van der Waals surface area contributed by atoms with Crippen molar-refractivity contribution in [2.45, 2.75) is 19.3 Å². The molecule has 2 rings (SSSR count). The van der Waals surface area contributed by atoms with Gasteiger partial charge in [-0.2, -0.15) is 0 Å². The Hall–Kier alpha value is -1.42. The van der Waals surface area contributed by atoms with E-state index in [-0.39, 0.29) is 5.91 Å². The van der Waals surface area contributed by atoms with Gasteiger partial charge < -0.3 is 10.2 Å². The van der Waals surface area contributed by atoms with Crippen LogP contribution in [0, 0.1) is 0 Å². The minimum absolute atomic E-state index is 0.0323. The van der Waals surface area contributed by atoms with Crippen LogP contribution in [-0.2, 0) is 0 Å². The van der Waals surface area contributed by atoms with E-state index in [1.165, 1.54) is 32.4 Å². The summed E-state index contributed by atoms with van der Waals surface area (Å²) in [6.45, 7) is 4.01. The number of pyridine rings is 1. The molecule has 0 unspecified atom stereocenters. The molecule has 1 amide bonds. The maximum atomic E-state index is 11.7. The van der Waals surface area contributed by atoms with E-state index >= 15 is 0 Å². The smallest absolute Gasteiger partial charge is 0.252 e. The fourth-order valence-electron chi connectivity index (χ4n) is 2.11.